The standard InChI is InChI=1S/C9H9NO4S/c11-9(12)7-5-6-3-1-2-4-8(6)15(13,14)10-7/h1-4,7,10H,5H2,(H,11,12). The number of carbonyl (C=O) groups is 1. The van der Waals surface area contributed by atoms with Crippen LogP contribution in [-0.4, -0.2) is 25.5 Å². The molecule has 1 aromatic rings. The van der Waals surface area contributed by atoms with Crippen LogP contribution in [0.5, 0.6) is 0 Å². The summed E-state index contributed by atoms with van der Waals surface area (Å²) in [6.45, 7) is 0. The molecule has 1 aromatic carbocycles. The summed E-state index contributed by atoms with van der Waals surface area (Å²) in [7, 11) is -3.67. The second-order valence-corrected chi connectivity index (χ2v) is 5.01. The van der Waals surface area contributed by atoms with Crippen LogP contribution in [0.25, 0.3) is 0 Å². The summed E-state index contributed by atoms with van der Waals surface area (Å²) >= 11 is 0. The van der Waals surface area contributed by atoms with Gasteiger partial charge in [0.05, 0.1) is 4.90 Å². The first-order valence-corrected chi connectivity index (χ1v) is 5.82. The van der Waals surface area contributed by atoms with Gasteiger partial charge in [-0.3, -0.25) is 4.79 Å². The number of hydrogen-bond acceptors (Lipinski definition) is 3. The van der Waals surface area contributed by atoms with Gasteiger partial charge in [-0.15, -0.1) is 0 Å². The first kappa shape index (κ1) is 10.1. The van der Waals surface area contributed by atoms with Gasteiger partial charge in [0.2, 0.25) is 10.0 Å². The van der Waals surface area contributed by atoms with Crippen LogP contribution >= 0.6 is 0 Å². The van der Waals surface area contributed by atoms with Gasteiger partial charge in [0.25, 0.3) is 0 Å². The molecule has 0 saturated heterocycles. The Labute approximate surface area is 86.8 Å². The molecule has 0 radical (unpaired) electrons. The highest BCUT2D eigenvalue weighted by atomic mass is 32.2. The number of benzene rings is 1. The zero-order chi connectivity index (χ0) is 11.1. The maximum atomic E-state index is 11.6. The second-order valence-electron chi connectivity index (χ2n) is 3.32. The lowest BCUT2D eigenvalue weighted by molar-refractivity contribution is -0.139. The first-order chi connectivity index (χ1) is 7.00. The van der Waals surface area contributed by atoms with Gasteiger partial charge in [0, 0.05) is 6.42 Å². The Morgan fingerprint density at radius 2 is 2.07 bits per heavy atom. The monoisotopic (exact) mass is 227 g/mol. The molecule has 2 rings (SSSR count). The summed E-state index contributed by atoms with van der Waals surface area (Å²) in [6, 6.07) is 5.34. The van der Waals surface area contributed by atoms with E-state index in [4.69, 9.17) is 5.11 Å². The van der Waals surface area contributed by atoms with Crippen LogP contribution in [0.4, 0.5) is 0 Å². The van der Waals surface area contributed by atoms with Gasteiger partial charge in [-0.25, -0.2) is 8.42 Å². The highest BCUT2D eigenvalue weighted by Crippen LogP contribution is 2.22. The molecule has 0 amide bonds. The van der Waals surface area contributed by atoms with E-state index in [9.17, 15) is 13.2 Å². The molecular weight excluding hydrogens is 218 g/mol. The van der Waals surface area contributed by atoms with Gasteiger partial charge in [-0.1, -0.05) is 18.2 Å². The fourth-order valence-corrected chi connectivity index (χ4v) is 3.02. The van der Waals surface area contributed by atoms with Crippen LogP contribution in [0.15, 0.2) is 29.2 Å². The average Bonchev–Trinajstić information content (AvgIpc) is 2.16. The number of carboxylic acids is 1. The number of aliphatic carboxylic acids is 1. The van der Waals surface area contributed by atoms with E-state index in [2.05, 4.69) is 4.72 Å². The maximum absolute atomic E-state index is 11.6. The van der Waals surface area contributed by atoms with E-state index in [1.165, 1.54) is 6.07 Å². The lowest BCUT2D eigenvalue weighted by Gasteiger charge is -2.22. The van der Waals surface area contributed by atoms with Crippen molar-refractivity contribution in [3.8, 4) is 0 Å². The first-order valence-electron chi connectivity index (χ1n) is 4.34. The summed E-state index contributed by atoms with van der Waals surface area (Å²) in [6.07, 6.45) is 0.185. The van der Waals surface area contributed by atoms with Gasteiger partial charge in [-0.05, 0) is 11.6 Å². The largest absolute Gasteiger partial charge is 0.480 e. The second kappa shape index (κ2) is 3.32. The Bertz CT molecular complexity index is 509. The molecule has 15 heavy (non-hydrogen) atoms. The molecule has 1 aliphatic rings. The third kappa shape index (κ3) is 1.73. The van der Waals surface area contributed by atoms with Crippen molar-refractivity contribution in [2.75, 3.05) is 0 Å². The summed E-state index contributed by atoms with van der Waals surface area (Å²) in [5, 5.41) is 8.77. The Morgan fingerprint density at radius 1 is 1.40 bits per heavy atom. The van der Waals surface area contributed by atoms with Gasteiger partial charge < -0.3 is 5.11 Å². The van der Waals surface area contributed by atoms with Crippen molar-refractivity contribution in [1.82, 2.24) is 4.72 Å². The van der Waals surface area contributed by atoms with E-state index in [-0.39, 0.29) is 11.3 Å². The predicted octanol–water partition coefficient (Wildman–Crippen LogP) is -0.0258. The molecule has 1 unspecified atom stereocenters. The number of carboxylic acid groups (broad SMARTS) is 1. The lowest BCUT2D eigenvalue weighted by Crippen LogP contribution is -2.45. The molecule has 0 spiro atoms. The van der Waals surface area contributed by atoms with E-state index < -0.39 is 22.0 Å². The van der Waals surface area contributed by atoms with E-state index >= 15 is 0 Å². The number of hydrogen-bond donors (Lipinski definition) is 2. The average molecular weight is 227 g/mol. The molecule has 5 nitrogen and oxygen atoms in total. The van der Waals surface area contributed by atoms with E-state index in [1.807, 2.05) is 0 Å². The topological polar surface area (TPSA) is 83.5 Å². The van der Waals surface area contributed by atoms with Crippen LogP contribution in [0, 0.1) is 0 Å². The molecule has 1 atom stereocenters. The molecular formula is C9H9NO4S. The zero-order valence-corrected chi connectivity index (χ0v) is 8.49. The van der Waals surface area contributed by atoms with Crippen molar-refractivity contribution in [3.63, 3.8) is 0 Å². The summed E-state index contributed by atoms with van der Waals surface area (Å²) in [5.41, 5.74) is 0.545. The molecule has 1 aliphatic heterocycles. The van der Waals surface area contributed by atoms with Crippen molar-refractivity contribution in [2.45, 2.75) is 17.4 Å². The molecule has 80 valence electrons. The van der Waals surface area contributed by atoms with Gasteiger partial charge in [0.15, 0.2) is 0 Å². The third-order valence-corrected chi connectivity index (χ3v) is 3.85. The molecule has 0 fully saturated rings. The van der Waals surface area contributed by atoms with Crippen molar-refractivity contribution < 1.29 is 18.3 Å². The predicted molar refractivity (Wildman–Crippen MR) is 51.9 cm³/mol. The molecule has 0 saturated carbocycles. The van der Waals surface area contributed by atoms with Crippen LogP contribution in [0.3, 0.4) is 0 Å². The highest BCUT2D eigenvalue weighted by Gasteiger charge is 2.32. The molecule has 1 heterocycles. The third-order valence-electron chi connectivity index (χ3n) is 2.28. The van der Waals surface area contributed by atoms with Crippen molar-refractivity contribution >= 4 is 16.0 Å². The van der Waals surface area contributed by atoms with E-state index in [0.29, 0.717) is 5.56 Å². The quantitative estimate of drug-likeness (QED) is 0.706. The Balaban J connectivity index is 2.53. The molecule has 2 N–H and O–H groups in total. The minimum atomic E-state index is -3.67. The number of fused-ring (bicyclic) bond motifs is 1. The zero-order valence-electron chi connectivity index (χ0n) is 7.67. The normalized spacial score (nSPS) is 23.1. The number of rotatable bonds is 1. The molecule has 0 aliphatic carbocycles. The summed E-state index contributed by atoms with van der Waals surface area (Å²) < 4.78 is 25.3. The van der Waals surface area contributed by atoms with Crippen LogP contribution in [0.2, 0.25) is 0 Å². The Hall–Kier alpha value is -1.40. The molecule has 6 heteroatoms. The molecule has 0 aromatic heterocycles. The minimum Gasteiger partial charge on any atom is -0.480 e. The van der Waals surface area contributed by atoms with Crippen LogP contribution in [0.1, 0.15) is 5.56 Å². The SMILES string of the molecule is O=C(O)C1Cc2ccccc2S(=O)(=O)N1. The fraction of sp³-hybridized carbons (Fsp3) is 0.222. The minimum absolute atomic E-state index is 0.169. The van der Waals surface area contributed by atoms with Gasteiger partial charge in [-0.2, -0.15) is 4.72 Å². The van der Waals surface area contributed by atoms with Crippen LogP contribution < -0.4 is 4.72 Å². The summed E-state index contributed by atoms with van der Waals surface area (Å²) in [5.74, 6) is -1.16. The van der Waals surface area contributed by atoms with Gasteiger partial charge in [0.1, 0.15) is 6.04 Å². The van der Waals surface area contributed by atoms with E-state index in [0.717, 1.165) is 0 Å². The smallest absolute Gasteiger partial charge is 0.322 e. The lowest BCUT2D eigenvalue weighted by atomic mass is 10.1. The fourth-order valence-electron chi connectivity index (χ4n) is 1.58. The highest BCUT2D eigenvalue weighted by molar-refractivity contribution is 7.89. The van der Waals surface area contributed by atoms with E-state index in [1.54, 1.807) is 18.2 Å². The number of nitrogens with one attached hydrogen (secondary N) is 1. The number of sulfonamides is 1. The van der Waals surface area contributed by atoms with Gasteiger partial charge >= 0.3 is 5.97 Å². The summed E-state index contributed by atoms with van der Waals surface area (Å²) in [4.78, 5) is 10.9. The van der Waals surface area contributed by atoms with Crippen molar-refractivity contribution in [3.05, 3.63) is 29.8 Å². The maximum Gasteiger partial charge on any atom is 0.322 e. The Morgan fingerprint density at radius 3 is 2.73 bits per heavy atom. The molecule has 0 bridgehead atoms. The van der Waals surface area contributed by atoms with Crippen molar-refractivity contribution in [1.29, 1.82) is 0 Å². The van der Waals surface area contributed by atoms with Crippen molar-refractivity contribution in [2.24, 2.45) is 0 Å². The van der Waals surface area contributed by atoms with Crippen LogP contribution in [-0.2, 0) is 21.2 Å². The Kier molecular flexibility index (Phi) is 2.24.